The van der Waals surface area contributed by atoms with Crippen molar-refractivity contribution in [2.45, 2.75) is 19.3 Å². The summed E-state index contributed by atoms with van der Waals surface area (Å²) in [6.45, 7) is 4.69. The first-order chi connectivity index (χ1) is 28.9. The number of nitrogens with zero attached hydrogens (tertiary/aromatic N) is 2. The van der Waals surface area contributed by atoms with Gasteiger partial charge in [-0.15, -0.1) is 0 Å². The Morgan fingerprint density at radius 1 is 0.525 bits per heavy atom. The molecule has 10 rings (SSSR count). The highest BCUT2D eigenvalue weighted by Crippen LogP contribution is 2.52. The van der Waals surface area contributed by atoms with Crippen LogP contribution in [0.2, 0.25) is 0 Å². The maximum atomic E-state index is 8.94. The van der Waals surface area contributed by atoms with Crippen LogP contribution in [0.4, 0.5) is 0 Å². The van der Waals surface area contributed by atoms with E-state index in [1.807, 2.05) is 54.9 Å². The molecule has 1 N–H and O–H groups in total. The van der Waals surface area contributed by atoms with Gasteiger partial charge in [0.05, 0.1) is 11.4 Å². The number of hydrogen-bond donors (Lipinski definition) is 1. The lowest BCUT2D eigenvalue weighted by atomic mass is 9.82. The third-order valence-corrected chi connectivity index (χ3v) is 11.9. The lowest BCUT2D eigenvalue weighted by Crippen LogP contribution is -2.14. The molecule has 3 heteroatoms. The molecule has 3 nitrogen and oxygen atoms in total. The Kier molecular flexibility index (Phi) is 8.99. The average Bonchev–Trinajstić information content (AvgIpc) is 3.53. The average molecular weight is 756 g/mol. The normalized spacial score (nSPS) is 13.2. The molecule has 0 unspecified atom stereocenters. The highest BCUT2D eigenvalue weighted by Gasteiger charge is 2.36. The van der Waals surface area contributed by atoms with E-state index in [1.54, 1.807) is 6.20 Å². The standard InChI is InChI=1S/C56H41N3/c1-56(2)51-30-28-43(33-50(51)55-48-16-7-6-11-39(48)27-31-52(55)56)37-18-22-40(23-19-37)47-29-26-45(46-15-8-9-17-49(46)47)36-59-54(34-53(57)41-12-4-3-5-13-41)42-24-20-38(21-25-42)44-14-10-32-58-35-44/h3-36,57H,1-2H3/b54-34-,57-53?,59-36?. The molecule has 0 radical (unpaired) electrons. The molecule has 1 heterocycles. The summed E-state index contributed by atoms with van der Waals surface area (Å²) in [5.41, 5.74) is 16.2. The van der Waals surface area contributed by atoms with Crippen LogP contribution in [-0.4, -0.2) is 16.9 Å². The van der Waals surface area contributed by atoms with Crippen molar-refractivity contribution in [2.75, 3.05) is 0 Å². The Morgan fingerprint density at radius 3 is 1.97 bits per heavy atom. The van der Waals surface area contributed by atoms with Crippen LogP contribution in [0.5, 0.6) is 0 Å². The third-order valence-electron chi connectivity index (χ3n) is 11.9. The van der Waals surface area contributed by atoms with Gasteiger partial charge in [-0.05, 0) is 101 Å². The molecule has 9 aromatic rings. The van der Waals surface area contributed by atoms with Crippen molar-refractivity contribution >= 4 is 39.2 Å². The predicted molar refractivity (Wildman–Crippen MR) is 248 cm³/mol. The molecular weight excluding hydrogens is 715 g/mol. The van der Waals surface area contributed by atoms with Gasteiger partial charge in [0.15, 0.2) is 0 Å². The number of allylic oxidation sites excluding steroid dienone is 1. The molecule has 0 aliphatic heterocycles. The van der Waals surface area contributed by atoms with Gasteiger partial charge in [0.25, 0.3) is 0 Å². The Labute approximate surface area is 345 Å². The van der Waals surface area contributed by atoms with Crippen LogP contribution in [0.1, 0.15) is 41.7 Å². The smallest absolute Gasteiger partial charge is 0.0723 e. The zero-order valence-electron chi connectivity index (χ0n) is 33.0. The molecule has 1 aliphatic carbocycles. The number of fused-ring (bicyclic) bond motifs is 6. The third kappa shape index (κ3) is 6.57. The fourth-order valence-corrected chi connectivity index (χ4v) is 8.77. The van der Waals surface area contributed by atoms with E-state index in [-0.39, 0.29) is 5.41 Å². The van der Waals surface area contributed by atoms with E-state index < -0.39 is 0 Å². The topological polar surface area (TPSA) is 49.1 Å². The summed E-state index contributed by atoms with van der Waals surface area (Å²) in [6, 6.07) is 64.4. The van der Waals surface area contributed by atoms with Crippen LogP contribution in [-0.2, 0) is 5.41 Å². The summed E-state index contributed by atoms with van der Waals surface area (Å²) in [5, 5.41) is 13.8. The molecule has 0 spiro atoms. The van der Waals surface area contributed by atoms with Gasteiger partial charge in [-0.1, -0.05) is 184 Å². The van der Waals surface area contributed by atoms with E-state index in [2.05, 4.69) is 164 Å². The molecule has 0 amide bonds. The molecule has 0 bridgehead atoms. The Bertz CT molecular complexity index is 3100. The van der Waals surface area contributed by atoms with Crippen LogP contribution in [0.15, 0.2) is 205 Å². The summed E-state index contributed by atoms with van der Waals surface area (Å²) in [4.78, 5) is 9.36. The van der Waals surface area contributed by atoms with Crippen molar-refractivity contribution in [3.05, 3.63) is 228 Å². The Hall–Kier alpha value is -7.49. The molecule has 0 fully saturated rings. The summed E-state index contributed by atoms with van der Waals surface area (Å²) in [5.74, 6) is 0. The zero-order chi connectivity index (χ0) is 39.9. The number of aromatic nitrogens is 1. The van der Waals surface area contributed by atoms with E-state index in [0.29, 0.717) is 11.4 Å². The van der Waals surface area contributed by atoms with Gasteiger partial charge in [0, 0.05) is 35.2 Å². The number of benzene rings is 8. The van der Waals surface area contributed by atoms with Crippen molar-refractivity contribution in [2.24, 2.45) is 4.99 Å². The highest BCUT2D eigenvalue weighted by molar-refractivity contribution is 6.12. The molecule has 0 saturated heterocycles. The van der Waals surface area contributed by atoms with E-state index in [4.69, 9.17) is 10.4 Å². The number of hydrogen-bond acceptors (Lipinski definition) is 3. The monoisotopic (exact) mass is 755 g/mol. The van der Waals surface area contributed by atoms with Crippen LogP contribution in [0.3, 0.4) is 0 Å². The van der Waals surface area contributed by atoms with Crippen LogP contribution in [0.25, 0.3) is 71.7 Å². The maximum absolute atomic E-state index is 8.94. The minimum atomic E-state index is -0.0513. The summed E-state index contributed by atoms with van der Waals surface area (Å²) in [7, 11) is 0. The fraction of sp³-hybridized carbons (Fsp3) is 0.0536. The van der Waals surface area contributed by atoms with Crippen molar-refractivity contribution in [1.82, 2.24) is 4.98 Å². The van der Waals surface area contributed by atoms with Crippen molar-refractivity contribution in [3.63, 3.8) is 0 Å². The molecule has 280 valence electrons. The van der Waals surface area contributed by atoms with Gasteiger partial charge in [-0.3, -0.25) is 9.98 Å². The molecule has 59 heavy (non-hydrogen) atoms. The SMILES string of the molecule is CC1(C)c2ccc(-c3ccc(-c4ccc(C=N/C(=C\C(=N)c5ccccc5)c5ccc(-c6cccnc6)cc5)c5ccccc45)cc3)cc2-c2c1ccc1ccccc21. The van der Waals surface area contributed by atoms with Crippen molar-refractivity contribution < 1.29 is 0 Å². The minimum Gasteiger partial charge on any atom is -0.300 e. The second kappa shape index (κ2) is 14.8. The van der Waals surface area contributed by atoms with Crippen LogP contribution >= 0.6 is 0 Å². The zero-order valence-corrected chi connectivity index (χ0v) is 33.0. The second-order valence-corrected chi connectivity index (χ2v) is 15.8. The van der Waals surface area contributed by atoms with Gasteiger partial charge in [0.1, 0.15) is 0 Å². The number of rotatable bonds is 8. The summed E-state index contributed by atoms with van der Waals surface area (Å²) < 4.78 is 0. The summed E-state index contributed by atoms with van der Waals surface area (Å²) >= 11 is 0. The van der Waals surface area contributed by atoms with Gasteiger partial charge in [-0.2, -0.15) is 0 Å². The molecule has 0 atom stereocenters. The van der Waals surface area contributed by atoms with Gasteiger partial charge in [-0.25, -0.2) is 0 Å². The first-order valence-electron chi connectivity index (χ1n) is 20.1. The predicted octanol–water partition coefficient (Wildman–Crippen LogP) is 14.2. The Balaban J connectivity index is 0.979. The van der Waals surface area contributed by atoms with Crippen LogP contribution < -0.4 is 0 Å². The first kappa shape index (κ1) is 35.9. The number of nitrogens with one attached hydrogen (secondary N) is 1. The fourth-order valence-electron chi connectivity index (χ4n) is 8.77. The van der Waals surface area contributed by atoms with Gasteiger partial charge < -0.3 is 5.41 Å². The van der Waals surface area contributed by atoms with Crippen LogP contribution in [0, 0.1) is 5.41 Å². The lowest BCUT2D eigenvalue weighted by Gasteiger charge is -2.21. The molecule has 0 saturated carbocycles. The summed E-state index contributed by atoms with van der Waals surface area (Å²) in [6.07, 6.45) is 7.44. The van der Waals surface area contributed by atoms with Crippen molar-refractivity contribution in [1.29, 1.82) is 5.41 Å². The van der Waals surface area contributed by atoms with E-state index in [1.165, 1.54) is 49.7 Å². The minimum absolute atomic E-state index is 0.0513. The van der Waals surface area contributed by atoms with Gasteiger partial charge >= 0.3 is 0 Å². The number of aliphatic imine (C=N–C) groups is 1. The number of pyridine rings is 1. The molecule has 1 aromatic heterocycles. The van der Waals surface area contributed by atoms with E-state index in [9.17, 15) is 0 Å². The maximum Gasteiger partial charge on any atom is 0.0723 e. The largest absolute Gasteiger partial charge is 0.300 e. The van der Waals surface area contributed by atoms with E-state index >= 15 is 0 Å². The lowest BCUT2D eigenvalue weighted by molar-refractivity contribution is 0.661. The van der Waals surface area contributed by atoms with Crippen molar-refractivity contribution in [3.8, 4) is 44.5 Å². The Morgan fingerprint density at radius 2 is 1.19 bits per heavy atom. The highest BCUT2D eigenvalue weighted by atomic mass is 14.7. The van der Waals surface area contributed by atoms with E-state index in [0.717, 1.165) is 44.2 Å². The molecule has 1 aliphatic rings. The quantitative estimate of drug-likeness (QED) is 0.154. The molecular formula is C56H41N3. The molecule has 8 aromatic carbocycles. The second-order valence-electron chi connectivity index (χ2n) is 15.8. The van der Waals surface area contributed by atoms with Gasteiger partial charge in [0.2, 0.25) is 0 Å². The first-order valence-corrected chi connectivity index (χ1v) is 20.1.